The Kier molecular flexibility index (Phi) is 49.0. The summed E-state index contributed by atoms with van der Waals surface area (Å²) < 4.78 is 1.45. The molecule has 820 valence electrons. The number of carboxylic acids is 2. The number of hydrogen-bond donors (Lipinski definition) is 19. The number of aliphatic hydroxyl groups is 1. The third-order valence-electron chi connectivity index (χ3n) is 27.2. The van der Waals surface area contributed by atoms with E-state index in [4.69, 9.17) is 22.3 Å². The number of phenolic OH excluding ortho intramolecular Hbond substituents is 1. The van der Waals surface area contributed by atoms with E-state index in [0.29, 0.717) is 77.0 Å². The van der Waals surface area contributed by atoms with Crippen LogP contribution in [0.5, 0.6) is 5.75 Å². The lowest BCUT2D eigenvalue weighted by atomic mass is 9.99. The fraction of sp³-hybridized carbons (Fsp3) is 0.606. The van der Waals surface area contributed by atoms with Crippen molar-refractivity contribution >= 4 is 146 Å². The molecule has 15 atom stereocenters. The molecule has 0 saturated carbocycles. The minimum Gasteiger partial charge on any atom is -0.508 e. The number of primary amides is 1. The number of nitrogens with two attached hydrogens (primary N) is 3. The second kappa shape index (κ2) is 60.4. The molecule has 5 heterocycles. The fourth-order valence-corrected chi connectivity index (χ4v) is 19.8. The van der Waals surface area contributed by atoms with Crippen molar-refractivity contribution < 1.29 is 112 Å². The van der Waals surface area contributed by atoms with E-state index < -0.39 is 254 Å². The van der Waals surface area contributed by atoms with Gasteiger partial charge < -0.3 is 130 Å². The van der Waals surface area contributed by atoms with Crippen LogP contribution in [0.3, 0.4) is 0 Å². The highest BCUT2D eigenvalue weighted by Crippen LogP contribution is 2.30. The number of carbonyl (C=O) groups is 19. The summed E-state index contributed by atoms with van der Waals surface area (Å²) >= 11 is 0.812. The summed E-state index contributed by atoms with van der Waals surface area (Å²) in [4.78, 5) is 286. The first-order chi connectivity index (χ1) is 71.0. The van der Waals surface area contributed by atoms with Crippen molar-refractivity contribution in [2.45, 2.75) is 319 Å². The van der Waals surface area contributed by atoms with Gasteiger partial charge in [-0.2, -0.15) is 0 Å². The lowest BCUT2D eigenvalue weighted by Gasteiger charge is -2.36. The lowest BCUT2D eigenvalue weighted by molar-refractivity contribution is -0.149. The number of carbonyl (C=O) groups excluding carboxylic acids is 17. The number of phenols is 1. The maximum atomic E-state index is 16.1. The van der Waals surface area contributed by atoms with Gasteiger partial charge in [0.25, 0.3) is 0 Å². The maximum Gasteiger partial charge on any atom is 0.323 e. The second-order valence-electron chi connectivity index (χ2n) is 39.9. The van der Waals surface area contributed by atoms with Crippen LogP contribution < -0.4 is 75.7 Å². The number of unbranched alkanes of at least 4 members (excludes halogenated alkanes) is 11. The zero-order valence-electron chi connectivity index (χ0n) is 87.2. The Labute approximate surface area is 873 Å². The molecule has 0 radical (unpaired) electrons. The molecule has 3 saturated heterocycles. The number of hydrogen-bond acceptors (Lipinski definition) is 24. The first kappa shape index (κ1) is 121. The number of aromatic amines is 1. The van der Waals surface area contributed by atoms with E-state index in [1.807, 2.05) is 13.8 Å². The third-order valence-corrected chi connectivity index (χ3v) is 28.2. The van der Waals surface area contributed by atoms with Crippen molar-refractivity contribution in [3.8, 4) is 5.75 Å². The summed E-state index contributed by atoms with van der Waals surface area (Å²) in [6.45, 7) is 9.70. The number of aliphatic carboxylic acids is 2. The number of para-hydroxylation sites is 2. The van der Waals surface area contributed by atoms with Gasteiger partial charge in [-0.3, -0.25) is 91.1 Å². The number of aromatic nitrogens is 2. The van der Waals surface area contributed by atoms with Gasteiger partial charge in [-0.15, -0.1) is 11.8 Å². The average molecular weight is 2100 g/mol. The minimum absolute atomic E-state index is 0.00259. The van der Waals surface area contributed by atoms with Crippen molar-refractivity contribution in [2.24, 2.45) is 29.0 Å². The first-order valence-electron chi connectivity index (χ1n) is 51.9. The number of H-pyrrole nitrogens is 1. The zero-order valence-corrected chi connectivity index (χ0v) is 88.0. The molecule has 8 rings (SSSR count). The molecule has 44 nitrogen and oxygen atoms in total. The smallest absolute Gasteiger partial charge is 0.323 e. The number of rotatable bonds is 39. The largest absolute Gasteiger partial charge is 0.508 e. The number of thioether (sulfide) groups is 1. The van der Waals surface area contributed by atoms with E-state index in [-0.39, 0.29) is 108 Å². The molecule has 3 aliphatic heterocycles. The number of carboxylic acid groups (broad SMARTS) is 2. The molecule has 3 fully saturated rings. The van der Waals surface area contributed by atoms with Gasteiger partial charge in [0.05, 0.1) is 24.8 Å². The standard InChI is InChI=1S/C104H155N21O23S/c1-11-13-33-82-97(141)113-73(46-61(3)4)94(138)119-80(92(136)110-55-87(129)108-44-28-22-20-18-16-15-17-19-21-23-37-89(131)132)59-149-60-88(130)111-76(48-64-38-40-67(126)41-39-64)100(144)120(8)63(7)91(135)115-78(52-86(107)128)102(146)124-45-29-36-83(124)98(142)118-79(53-106)96(140)116-75(47-62(5)6)103(147)125-57-68(127)51-85(125)99(143)114-74(49-65-54-109-71-32-26-24-30-69(65)71)95(139)112-72(42-43-105)93(137)117-77(101(145)122(10)84(34-14-12-2)104(148)121(82)9)50-66-56-123(58-90(133)134)81-35-27-25-31-70(66)81/h24-27,30-32,35,38-41,54,56,61-63,68,72-80,82-85,109,126-127H,11-23,28-29,33-34,36-37,42-53,55,57-60,105-106H2,1-10H3,(H2,107,128)(H,108,129)(H,110,136)(H,111,130)(H,112,139)(H,113,141)(H,114,143)(H,115,135)(H,116,140)(H,117,137)(H,118,142)(H,119,138)(H,131,132)(H,133,134)/t63-,68-,72-,73-,74-,75-,76-,77-,78-,79-,80-,82-,83+,84-,85-/m0/s1. The van der Waals surface area contributed by atoms with Gasteiger partial charge in [-0.1, -0.05) is 167 Å². The van der Waals surface area contributed by atoms with Crippen LogP contribution in [-0.2, 0) is 117 Å². The average Bonchev–Trinajstić information content (AvgIpc) is 1.65. The van der Waals surface area contributed by atoms with Crippen LogP contribution in [-0.4, -0.2) is 329 Å². The molecule has 3 aliphatic rings. The summed E-state index contributed by atoms with van der Waals surface area (Å²) in [6, 6.07) is -2.20. The van der Waals surface area contributed by atoms with Gasteiger partial charge in [0.2, 0.25) is 100 Å². The number of likely N-dealkylation sites (N-methyl/N-ethyl adjacent to an activating group) is 3. The van der Waals surface area contributed by atoms with Crippen LogP contribution in [0.1, 0.15) is 219 Å². The number of aliphatic hydroxyl groups excluding tert-OH is 1. The number of nitrogens with one attached hydrogen (secondary N) is 12. The van der Waals surface area contributed by atoms with Gasteiger partial charge in [0.15, 0.2) is 0 Å². The highest BCUT2D eigenvalue weighted by Gasteiger charge is 2.47. The predicted molar refractivity (Wildman–Crippen MR) is 557 cm³/mol. The van der Waals surface area contributed by atoms with E-state index in [2.05, 4.69) is 63.5 Å². The maximum absolute atomic E-state index is 16.1. The Morgan fingerprint density at radius 3 is 1.68 bits per heavy atom. The van der Waals surface area contributed by atoms with E-state index in [1.54, 1.807) is 82.4 Å². The minimum atomic E-state index is -1.78. The summed E-state index contributed by atoms with van der Waals surface area (Å²) in [5.74, 6) is -19.2. The molecule has 3 aromatic carbocycles. The highest BCUT2D eigenvalue weighted by molar-refractivity contribution is 8.00. The Morgan fingerprint density at radius 2 is 1.05 bits per heavy atom. The second-order valence-corrected chi connectivity index (χ2v) is 40.9. The van der Waals surface area contributed by atoms with Crippen molar-refractivity contribution in [3.63, 3.8) is 0 Å². The molecule has 0 unspecified atom stereocenters. The molecule has 5 aromatic rings. The molecule has 45 heteroatoms. The van der Waals surface area contributed by atoms with Gasteiger partial charge in [-0.25, -0.2) is 0 Å². The van der Waals surface area contributed by atoms with Crippen LogP contribution in [0, 0.1) is 11.8 Å². The molecular weight excluding hydrogens is 1940 g/mol. The molecule has 0 aliphatic carbocycles. The van der Waals surface area contributed by atoms with Gasteiger partial charge in [-0.05, 0) is 124 Å². The number of fused-ring (bicyclic) bond motifs is 4. The van der Waals surface area contributed by atoms with Crippen LogP contribution >= 0.6 is 11.8 Å². The topological polar surface area (TPSA) is 653 Å². The van der Waals surface area contributed by atoms with Crippen LogP contribution in [0.2, 0.25) is 0 Å². The van der Waals surface area contributed by atoms with E-state index in [9.17, 15) is 68.1 Å². The van der Waals surface area contributed by atoms with Crippen molar-refractivity contribution in [2.75, 3.05) is 71.9 Å². The molecule has 22 N–H and O–H groups in total. The Bertz CT molecular complexity index is 5420. The lowest BCUT2D eigenvalue weighted by Crippen LogP contribution is -2.62. The summed E-state index contributed by atoms with van der Waals surface area (Å²) in [7, 11) is 3.95. The predicted octanol–water partition coefficient (Wildman–Crippen LogP) is 1.77. The molecule has 0 spiro atoms. The van der Waals surface area contributed by atoms with Crippen LogP contribution in [0.4, 0.5) is 0 Å². The van der Waals surface area contributed by atoms with Gasteiger partial charge in [0, 0.05) is 119 Å². The summed E-state index contributed by atoms with van der Waals surface area (Å²) in [5, 5.41) is 71.9. The zero-order chi connectivity index (χ0) is 109. The Hall–Kier alpha value is -13.3. The molecule has 17 amide bonds. The number of aromatic hydroxyl groups is 1. The molecule has 2 aromatic heterocycles. The molecule has 0 bridgehead atoms. The summed E-state index contributed by atoms with van der Waals surface area (Å²) in [5.41, 5.74) is 20.6. The quantitative estimate of drug-likeness (QED) is 0.0249. The Balaban J connectivity index is 1.18. The molecular formula is C104H155N21O23S. The van der Waals surface area contributed by atoms with E-state index in [0.717, 1.165) is 82.7 Å². The van der Waals surface area contributed by atoms with Crippen molar-refractivity contribution in [1.82, 2.24) is 92.5 Å². The normalized spacial score (nSPS) is 23.6. The number of amides is 17. The monoisotopic (exact) mass is 2100 g/mol. The van der Waals surface area contributed by atoms with Crippen molar-refractivity contribution in [3.05, 3.63) is 102 Å². The van der Waals surface area contributed by atoms with E-state index >= 15 is 38.4 Å². The van der Waals surface area contributed by atoms with Gasteiger partial charge >= 0.3 is 11.9 Å². The van der Waals surface area contributed by atoms with Crippen LogP contribution in [0.15, 0.2) is 85.2 Å². The SMILES string of the molecule is CCCC[C@H]1C(=O)N(C)[C@@H](CCCC)C(=O)N[C@@H](CC(C)C)C(=O)N[C@H](C(=O)NCC(=O)NCCCCCCCCCCCCC(=O)O)CSCC(=O)N[C@@H](Cc2ccc(O)cc2)C(=O)N(C)[C@@H](C)C(=O)N[C@@H](CC(N)=O)C(=O)N2CCC[C@@H]2C(=O)N[C@@H](CN)C(=O)N[C@@H](CC(C)C)C(=O)N2C[C@@H](O)C[C@H]2C(=O)N[C@@H](Cc2c[nH]c3ccccc23)C(=O)N[C@@H](CCN)C(=O)N[C@@H](Cc2cn(CC(=O)O)c3ccccc23)C(=O)N1C. The highest BCUT2D eigenvalue weighted by atomic mass is 32.2. The number of nitrogens with zero attached hydrogens (tertiary/aromatic N) is 6. The summed E-state index contributed by atoms with van der Waals surface area (Å²) in [6.07, 6.45) is 9.74. The molecule has 149 heavy (non-hydrogen) atoms. The number of benzene rings is 3. The van der Waals surface area contributed by atoms with Gasteiger partial charge in [0.1, 0.15) is 96.9 Å². The van der Waals surface area contributed by atoms with E-state index in [1.165, 1.54) is 68.0 Å². The Morgan fingerprint density at radius 1 is 0.510 bits per heavy atom. The third kappa shape index (κ3) is 36.9. The first-order valence-corrected chi connectivity index (χ1v) is 53.1. The van der Waals surface area contributed by atoms with Crippen molar-refractivity contribution in [1.29, 1.82) is 0 Å². The van der Waals surface area contributed by atoms with Crippen LogP contribution in [0.25, 0.3) is 21.8 Å². The fourth-order valence-electron chi connectivity index (χ4n) is 18.9.